The SMILES string of the molecule is CCC(C)NC(=O)CN1CCN(c2nnc(C)c(C)c2C#N)CC1. The topological polar surface area (TPSA) is 85.2 Å². The first-order valence-electron chi connectivity index (χ1n) is 8.46. The Hall–Kier alpha value is -2.20. The second-order valence-corrected chi connectivity index (χ2v) is 6.36. The number of carbonyl (C=O) groups is 1. The number of aryl methyl sites for hydroxylation is 1. The maximum Gasteiger partial charge on any atom is 0.234 e. The molecule has 1 aromatic rings. The fourth-order valence-corrected chi connectivity index (χ4v) is 2.69. The van der Waals surface area contributed by atoms with E-state index in [2.05, 4.69) is 38.3 Å². The molecule has 1 aliphatic heterocycles. The molecular weight excluding hydrogens is 304 g/mol. The van der Waals surface area contributed by atoms with Crippen LogP contribution in [0.3, 0.4) is 0 Å². The quantitative estimate of drug-likeness (QED) is 0.867. The summed E-state index contributed by atoms with van der Waals surface area (Å²) >= 11 is 0. The van der Waals surface area contributed by atoms with Crippen LogP contribution < -0.4 is 10.2 Å². The summed E-state index contributed by atoms with van der Waals surface area (Å²) in [6.07, 6.45) is 0.932. The van der Waals surface area contributed by atoms with E-state index < -0.39 is 0 Å². The lowest BCUT2D eigenvalue weighted by Crippen LogP contribution is -2.50. The van der Waals surface area contributed by atoms with Crippen LogP contribution in [0.25, 0.3) is 0 Å². The minimum absolute atomic E-state index is 0.0708. The van der Waals surface area contributed by atoms with Gasteiger partial charge in [0.15, 0.2) is 5.82 Å². The zero-order valence-corrected chi connectivity index (χ0v) is 15.0. The van der Waals surface area contributed by atoms with Crippen LogP contribution in [0.5, 0.6) is 0 Å². The summed E-state index contributed by atoms with van der Waals surface area (Å²) in [5.41, 5.74) is 2.28. The summed E-state index contributed by atoms with van der Waals surface area (Å²) in [5.74, 6) is 0.728. The number of nitriles is 1. The zero-order valence-electron chi connectivity index (χ0n) is 15.0. The van der Waals surface area contributed by atoms with Crippen LogP contribution in [-0.4, -0.2) is 59.8 Å². The zero-order chi connectivity index (χ0) is 17.7. The van der Waals surface area contributed by atoms with Crippen molar-refractivity contribution in [3.63, 3.8) is 0 Å². The number of nitrogens with one attached hydrogen (secondary N) is 1. The molecule has 1 N–H and O–H groups in total. The molecule has 1 aromatic heterocycles. The van der Waals surface area contributed by atoms with Gasteiger partial charge in [-0.05, 0) is 32.8 Å². The monoisotopic (exact) mass is 330 g/mol. The molecule has 0 saturated carbocycles. The Morgan fingerprint density at radius 1 is 1.29 bits per heavy atom. The van der Waals surface area contributed by atoms with Gasteiger partial charge < -0.3 is 10.2 Å². The van der Waals surface area contributed by atoms with Crippen molar-refractivity contribution in [3.8, 4) is 6.07 Å². The molecule has 130 valence electrons. The first-order chi connectivity index (χ1) is 11.5. The van der Waals surface area contributed by atoms with E-state index >= 15 is 0 Å². The van der Waals surface area contributed by atoms with Gasteiger partial charge in [-0.25, -0.2) is 0 Å². The van der Waals surface area contributed by atoms with E-state index in [0.29, 0.717) is 17.9 Å². The maximum absolute atomic E-state index is 12.0. The number of hydrogen-bond acceptors (Lipinski definition) is 6. The van der Waals surface area contributed by atoms with Gasteiger partial charge in [0, 0.05) is 32.2 Å². The summed E-state index contributed by atoms with van der Waals surface area (Å²) in [6, 6.07) is 2.46. The van der Waals surface area contributed by atoms with Gasteiger partial charge in [-0.3, -0.25) is 9.69 Å². The molecule has 7 heteroatoms. The number of anilines is 1. The van der Waals surface area contributed by atoms with Crippen molar-refractivity contribution in [2.75, 3.05) is 37.6 Å². The molecule has 0 spiro atoms. The average molecular weight is 330 g/mol. The lowest BCUT2D eigenvalue weighted by Gasteiger charge is -2.35. The molecule has 1 fully saturated rings. The minimum Gasteiger partial charge on any atom is -0.353 e. The molecule has 1 amide bonds. The lowest BCUT2D eigenvalue weighted by atomic mass is 10.1. The molecule has 24 heavy (non-hydrogen) atoms. The fourth-order valence-electron chi connectivity index (χ4n) is 2.69. The fraction of sp³-hybridized carbons (Fsp3) is 0.647. The van der Waals surface area contributed by atoms with Gasteiger partial charge in [-0.1, -0.05) is 6.92 Å². The highest BCUT2D eigenvalue weighted by Gasteiger charge is 2.23. The predicted octanol–water partition coefficient (Wildman–Crippen LogP) is 1.00. The molecule has 0 aromatic carbocycles. The van der Waals surface area contributed by atoms with Gasteiger partial charge in [-0.2, -0.15) is 10.4 Å². The largest absolute Gasteiger partial charge is 0.353 e. The second-order valence-electron chi connectivity index (χ2n) is 6.36. The Labute approximate surface area is 143 Å². The lowest BCUT2D eigenvalue weighted by molar-refractivity contribution is -0.122. The van der Waals surface area contributed by atoms with Crippen molar-refractivity contribution in [2.45, 2.75) is 40.2 Å². The van der Waals surface area contributed by atoms with E-state index in [1.165, 1.54) is 0 Å². The van der Waals surface area contributed by atoms with Gasteiger partial charge in [-0.15, -0.1) is 5.10 Å². The molecule has 1 saturated heterocycles. The Morgan fingerprint density at radius 3 is 2.54 bits per heavy atom. The van der Waals surface area contributed by atoms with Crippen molar-refractivity contribution in [2.24, 2.45) is 0 Å². The van der Waals surface area contributed by atoms with E-state index in [0.717, 1.165) is 43.9 Å². The summed E-state index contributed by atoms with van der Waals surface area (Å²) in [6.45, 7) is 11.3. The van der Waals surface area contributed by atoms with Crippen LogP contribution in [0.4, 0.5) is 5.82 Å². The summed E-state index contributed by atoms with van der Waals surface area (Å²) in [5, 5.41) is 20.8. The summed E-state index contributed by atoms with van der Waals surface area (Å²) < 4.78 is 0. The minimum atomic E-state index is 0.0708. The highest BCUT2D eigenvalue weighted by molar-refractivity contribution is 5.78. The Morgan fingerprint density at radius 2 is 1.96 bits per heavy atom. The normalized spacial score (nSPS) is 16.5. The molecule has 1 atom stereocenters. The highest BCUT2D eigenvalue weighted by atomic mass is 16.2. The van der Waals surface area contributed by atoms with Crippen LogP contribution in [-0.2, 0) is 4.79 Å². The third-order valence-electron chi connectivity index (χ3n) is 4.61. The third kappa shape index (κ3) is 4.20. The number of carbonyl (C=O) groups excluding carboxylic acids is 1. The van der Waals surface area contributed by atoms with Gasteiger partial charge in [0.2, 0.25) is 5.91 Å². The molecule has 1 unspecified atom stereocenters. The van der Waals surface area contributed by atoms with E-state index in [-0.39, 0.29) is 11.9 Å². The standard InChI is InChI=1S/C17H26N6O/c1-5-12(2)19-16(24)11-22-6-8-23(9-7-22)17-15(10-18)13(3)14(4)20-21-17/h12H,5-9,11H2,1-4H3,(H,19,24). The van der Waals surface area contributed by atoms with Crippen molar-refractivity contribution < 1.29 is 4.79 Å². The number of nitrogens with zero attached hydrogens (tertiary/aromatic N) is 5. The van der Waals surface area contributed by atoms with Crippen LogP contribution in [0.2, 0.25) is 0 Å². The van der Waals surface area contributed by atoms with Gasteiger partial charge in [0.05, 0.1) is 12.2 Å². The first kappa shape index (κ1) is 18.1. The predicted molar refractivity (Wildman–Crippen MR) is 92.8 cm³/mol. The molecule has 7 nitrogen and oxygen atoms in total. The number of amides is 1. The maximum atomic E-state index is 12.0. The molecule has 0 bridgehead atoms. The third-order valence-corrected chi connectivity index (χ3v) is 4.61. The number of piperazine rings is 1. The summed E-state index contributed by atoms with van der Waals surface area (Å²) in [7, 11) is 0. The molecule has 0 radical (unpaired) electrons. The molecule has 2 heterocycles. The highest BCUT2D eigenvalue weighted by Crippen LogP contribution is 2.22. The van der Waals surface area contributed by atoms with Crippen LogP contribution in [0.1, 0.15) is 37.1 Å². The number of aromatic nitrogens is 2. The number of rotatable bonds is 5. The van der Waals surface area contributed by atoms with Crippen LogP contribution >= 0.6 is 0 Å². The Balaban J connectivity index is 1.95. The van der Waals surface area contributed by atoms with Gasteiger partial charge in [0.25, 0.3) is 0 Å². The Bertz CT molecular complexity index is 631. The van der Waals surface area contributed by atoms with Gasteiger partial charge in [0.1, 0.15) is 11.6 Å². The molecule has 0 aliphatic carbocycles. The Kier molecular flexibility index (Phi) is 6.10. The van der Waals surface area contributed by atoms with Crippen molar-refractivity contribution in [1.82, 2.24) is 20.4 Å². The van der Waals surface area contributed by atoms with Gasteiger partial charge >= 0.3 is 0 Å². The van der Waals surface area contributed by atoms with Crippen LogP contribution in [0, 0.1) is 25.2 Å². The van der Waals surface area contributed by atoms with Crippen molar-refractivity contribution in [1.29, 1.82) is 5.26 Å². The van der Waals surface area contributed by atoms with Crippen molar-refractivity contribution in [3.05, 3.63) is 16.8 Å². The van der Waals surface area contributed by atoms with E-state index in [1.807, 2.05) is 20.8 Å². The van der Waals surface area contributed by atoms with E-state index in [9.17, 15) is 10.1 Å². The molecule has 1 aliphatic rings. The summed E-state index contributed by atoms with van der Waals surface area (Å²) in [4.78, 5) is 16.2. The van der Waals surface area contributed by atoms with Crippen LogP contribution in [0.15, 0.2) is 0 Å². The van der Waals surface area contributed by atoms with E-state index in [4.69, 9.17) is 0 Å². The molecular formula is C17H26N6O. The smallest absolute Gasteiger partial charge is 0.234 e. The second kappa shape index (κ2) is 8.06. The number of hydrogen-bond donors (Lipinski definition) is 1. The average Bonchev–Trinajstić information content (AvgIpc) is 2.57. The van der Waals surface area contributed by atoms with E-state index in [1.54, 1.807) is 0 Å². The first-order valence-corrected chi connectivity index (χ1v) is 8.46. The van der Waals surface area contributed by atoms with Crippen molar-refractivity contribution >= 4 is 11.7 Å². The molecule has 2 rings (SSSR count).